The maximum Gasteiger partial charge on any atom is 0.421 e. The number of rotatable bonds is 26. The van der Waals surface area contributed by atoms with Crippen molar-refractivity contribution >= 4 is 132 Å². The summed E-state index contributed by atoms with van der Waals surface area (Å²) < 4.78 is 79.7. The summed E-state index contributed by atoms with van der Waals surface area (Å²) in [4.78, 5) is 83.9. The Morgan fingerprint density at radius 2 is 1.38 bits per heavy atom. The smallest absolute Gasteiger partial charge is 0.421 e. The van der Waals surface area contributed by atoms with Crippen molar-refractivity contribution in [1.29, 1.82) is 0 Å². The third-order valence-electron chi connectivity index (χ3n) is 17.4. The normalized spacial score (nSPS) is 13.4. The van der Waals surface area contributed by atoms with E-state index in [1.165, 1.54) is 49.9 Å². The number of aromatic nitrogens is 7. The number of likely N-dealkylation sites (N-methyl/N-ethyl adjacent to an activating group) is 3. The van der Waals surface area contributed by atoms with Gasteiger partial charge in [0.15, 0.2) is 0 Å². The van der Waals surface area contributed by atoms with Crippen molar-refractivity contribution in [3.63, 3.8) is 0 Å². The van der Waals surface area contributed by atoms with E-state index in [1.54, 1.807) is 73.7 Å². The lowest BCUT2D eigenvalue weighted by Crippen LogP contribution is -2.48. The van der Waals surface area contributed by atoms with E-state index in [1.807, 2.05) is 83.6 Å². The highest BCUT2D eigenvalue weighted by molar-refractivity contribution is 6.31. The molecule has 2 saturated heterocycles. The average Bonchev–Trinajstić information content (AvgIpc) is 1.78. The molecule has 6 aromatic carbocycles. The number of amides is 4. The van der Waals surface area contributed by atoms with Gasteiger partial charge in [0.05, 0.1) is 72.1 Å². The van der Waals surface area contributed by atoms with Gasteiger partial charge in [0.1, 0.15) is 52.7 Å². The molecule has 580 valence electrons. The van der Waals surface area contributed by atoms with E-state index >= 15 is 0 Å². The third kappa shape index (κ3) is 21.9. The zero-order chi connectivity index (χ0) is 79.5. The summed E-state index contributed by atoms with van der Waals surface area (Å²) in [6.07, 6.45) is 7.41. The number of carbonyl (C=O) groups excluding carboxylic acids is 4. The summed E-state index contributed by atoms with van der Waals surface area (Å²) in [5.41, 5.74) is 7.58. The van der Waals surface area contributed by atoms with Gasteiger partial charge in [0, 0.05) is 161 Å². The monoisotopic (exact) mass is 1540 g/mol. The van der Waals surface area contributed by atoms with Crippen molar-refractivity contribution in [3.05, 3.63) is 194 Å². The first-order chi connectivity index (χ1) is 53.3. The first-order valence-corrected chi connectivity index (χ1v) is 35.4. The van der Waals surface area contributed by atoms with Gasteiger partial charge in [0.25, 0.3) is 0 Å². The SMILES string of the molecule is C=CC(=O)Nc1cc(Nc2nccc(-c3cn(C)c4ccccc34)n2)c(OC)cc1N(C)CCN(C)C.C=CC(=O)Nc1cccc(Nc2nc(Nc3ccc(N4CCN(C(C)=O)CC4)cc3OC)ncc2C(F)(F)F)c1.CN(C)C/C=C/C(=O)Nc1cc2c(Nc3ccc(F)c(Cl)c3)ncnc2cc1O[C@H]1CCOC1. The maximum atomic E-state index is 13.8. The van der Waals surface area contributed by atoms with Crippen molar-refractivity contribution < 1.29 is 55.7 Å². The molecule has 10 aromatic rings. The number of methoxy groups -OCH3 is 2. The molecule has 32 heteroatoms. The van der Waals surface area contributed by atoms with Crippen LogP contribution in [0.5, 0.6) is 17.2 Å². The quantitative estimate of drug-likeness (QED) is 0.0196. The fourth-order valence-electron chi connectivity index (χ4n) is 11.7. The molecule has 2 fully saturated rings. The second-order valence-corrected chi connectivity index (χ2v) is 26.4. The Bertz CT molecular complexity index is 5030. The molecule has 0 radical (unpaired) electrons. The van der Waals surface area contributed by atoms with Crippen molar-refractivity contribution in [1.82, 2.24) is 49.2 Å². The van der Waals surface area contributed by atoms with Crippen LogP contribution >= 0.6 is 11.6 Å². The first-order valence-electron chi connectivity index (χ1n) is 35.0. The molecule has 0 spiro atoms. The number of hydrogen-bond donors (Lipinski definition) is 7. The number of ether oxygens (including phenoxy) is 4. The number of nitrogens with one attached hydrogen (secondary N) is 7. The Morgan fingerprint density at radius 1 is 0.676 bits per heavy atom. The second-order valence-electron chi connectivity index (χ2n) is 26.0. The number of fused-ring (bicyclic) bond motifs is 2. The van der Waals surface area contributed by atoms with Crippen LogP contribution in [0.3, 0.4) is 0 Å². The van der Waals surface area contributed by atoms with Crippen molar-refractivity contribution in [2.24, 2.45) is 7.05 Å². The first kappa shape index (κ1) is 81.1. The summed E-state index contributed by atoms with van der Waals surface area (Å²) >= 11 is 5.91. The van der Waals surface area contributed by atoms with Crippen LogP contribution in [0.2, 0.25) is 5.02 Å². The zero-order valence-corrected chi connectivity index (χ0v) is 63.4. The van der Waals surface area contributed by atoms with E-state index in [0.717, 1.165) is 59.1 Å². The topological polar surface area (TPSA) is 288 Å². The summed E-state index contributed by atoms with van der Waals surface area (Å²) in [5.74, 6) is 0.339. The van der Waals surface area contributed by atoms with Gasteiger partial charge in [0.2, 0.25) is 35.5 Å². The highest BCUT2D eigenvalue weighted by atomic mass is 35.5. The highest BCUT2D eigenvalue weighted by Gasteiger charge is 2.36. The number of anilines is 13. The van der Waals surface area contributed by atoms with Gasteiger partial charge in [-0.25, -0.2) is 29.3 Å². The number of piperazine rings is 1. The van der Waals surface area contributed by atoms with Crippen LogP contribution in [-0.2, 0) is 37.1 Å². The molecule has 111 heavy (non-hydrogen) atoms. The van der Waals surface area contributed by atoms with Gasteiger partial charge >= 0.3 is 6.18 Å². The highest BCUT2D eigenvalue weighted by Crippen LogP contribution is 2.41. The fraction of sp³-hybridized carbons (Fsp3) is 0.266. The van der Waals surface area contributed by atoms with Crippen molar-refractivity contribution in [2.45, 2.75) is 25.6 Å². The van der Waals surface area contributed by atoms with Crippen LogP contribution in [0.25, 0.3) is 33.1 Å². The molecule has 7 N–H and O–H groups in total. The maximum absolute atomic E-state index is 13.8. The molecule has 0 unspecified atom stereocenters. The largest absolute Gasteiger partial charge is 0.494 e. The van der Waals surface area contributed by atoms with Gasteiger partial charge in [-0.15, -0.1) is 0 Å². The third-order valence-corrected chi connectivity index (χ3v) is 17.7. The Balaban J connectivity index is 0.000000177. The average molecular weight is 1540 g/mol. The Hall–Kier alpha value is -12.5. The van der Waals surface area contributed by atoms with Gasteiger partial charge in [-0.1, -0.05) is 55.1 Å². The van der Waals surface area contributed by atoms with Crippen LogP contribution < -0.4 is 61.2 Å². The predicted octanol–water partition coefficient (Wildman–Crippen LogP) is 13.7. The van der Waals surface area contributed by atoms with E-state index in [9.17, 15) is 36.7 Å². The molecule has 4 aromatic heterocycles. The molecule has 0 bridgehead atoms. The Morgan fingerprint density at radius 3 is 2.08 bits per heavy atom. The lowest BCUT2D eigenvalue weighted by molar-refractivity contribution is -0.137. The molecule has 4 amide bonds. The fourth-order valence-corrected chi connectivity index (χ4v) is 11.9. The Labute approximate surface area is 644 Å². The number of hydrogen-bond acceptors (Lipinski definition) is 22. The van der Waals surface area contributed by atoms with Crippen LogP contribution in [-0.4, -0.2) is 187 Å². The molecule has 2 aliphatic rings. The number of aryl methyl sites for hydroxylation is 1. The van der Waals surface area contributed by atoms with E-state index in [0.29, 0.717) is 126 Å². The number of halogens is 5. The summed E-state index contributed by atoms with van der Waals surface area (Å²) in [6.45, 7) is 14.4. The van der Waals surface area contributed by atoms with Crippen LogP contribution in [0.1, 0.15) is 18.9 Å². The molecule has 1 atom stereocenters. The lowest BCUT2D eigenvalue weighted by atomic mass is 10.1. The molecule has 12 rings (SSSR count). The van der Waals surface area contributed by atoms with E-state index in [2.05, 4.69) is 113 Å². The minimum Gasteiger partial charge on any atom is -0.494 e. The minimum absolute atomic E-state index is 0.00436. The van der Waals surface area contributed by atoms with E-state index in [4.69, 9.17) is 35.5 Å². The van der Waals surface area contributed by atoms with Gasteiger partial charge in [-0.3, -0.25) is 19.2 Å². The summed E-state index contributed by atoms with van der Waals surface area (Å²) in [7, 11) is 15.0. The van der Waals surface area contributed by atoms with Crippen LogP contribution in [0.15, 0.2) is 178 Å². The van der Waals surface area contributed by atoms with Gasteiger partial charge in [-0.2, -0.15) is 18.2 Å². The molecule has 2 aliphatic heterocycles. The minimum atomic E-state index is -4.72. The molecule has 6 heterocycles. The van der Waals surface area contributed by atoms with Crippen molar-refractivity contribution in [3.8, 4) is 28.5 Å². The second kappa shape index (κ2) is 37.6. The van der Waals surface area contributed by atoms with E-state index < -0.39 is 29.3 Å². The van der Waals surface area contributed by atoms with E-state index in [-0.39, 0.29) is 40.5 Å². The lowest BCUT2D eigenvalue weighted by Gasteiger charge is -2.35. The van der Waals surface area contributed by atoms with Crippen LogP contribution in [0, 0.1) is 5.82 Å². The number of carbonyl (C=O) groups is 4. The number of alkyl halides is 3. The molecule has 0 saturated carbocycles. The zero-order valence-electron chi connectivity index (χ0n) is 62.7. The Kier molecular flexibility index (Phi) is 27.5. The number of nitrogens with zero attached hydrogens (tertiary/aromatic N) is 12. The molecular formula is C79H86ClF4N19O8. The standard InChI is InChI=1S/C28H33N7O2.C27H28F3N7O3.C24H25ClFN5O3/c1-7-27(36)30-22-16-23(26(37-6)17-25(22)34(4)15-14-33(2)3)32-28-29-13-12-21(31-28)20-18-35(5)24-11-9-8-10-19(20)24;1-4-24(39)32-18-6-5-7-19(14-18)33-25-21(27(28,29)30)16-31-26(35-25)34-22-9-8-20(15-23(22)40-3)37-12-10-36(11-13-37)17(2)38;1-31(2)8-3-4-23(32)30-21-11-17-20(12-22(21)34-16-7-9-33-13-16)27-14-28-24(17)29-15-5-6-19(26)18(25)10-15/h7-13,16-18H,1,14-15H2,2-6H3,(H,30,36)(H,29,31,32);4-9,14-16H,1,10-13H2,2-3H3,(H,32,39)(H2,31,33,34,35);3-6,10-12,14,16H,7-9,13H2,1-2H3,(H,30,32)(H,27,28,29)/b;;4-3+/t;;16-/m..0/s1. The van der Waals surface area contributed by atoms with Gasteiger partial charge in [-0.05, 0) is 113 Å². The molecule has 27 nitrogen and oxygen atoms in total. The predicted molar refractivity (Wildman–Crippen MR) is 428 cm³/mol. The number of benzene rings is 6. The summed E-state index contributed by atoms with van der Waals surface area (Å²) in [6, 6.07) is 33.2. The van der Waals surface area contributed by atoms with Crippen LogP contribution in [0.4, 0.5) is 92.3 Å². The van der Waals surface area contributed by atoms with Crippen molar-refractivity contribution in [2.75, 3.05) is 156 Å². The van der Waals surface area contributed by atoms with Gasteiger partial charge < -0.3 is 85.2 Å². The molecular weight excluding hydrogens is 1450 g/mol. The summed E-state index contributed by atoms with van der Waals surface area (Å²) in [5, 5.41) is 22.1. The number of para-hydroxylation sites is 1. The molecule has 0 aliphatic carbocycles.